The van der Waals surface area contributed by atoms with E-state index in [9.17, 15) is 4.79 Å². The minimum atomic E-state index is -0.193. The lowest BCUT2D eigenvalue weighted by molar-refractivity contribution is 0.0899. The Morgan fingerprint density at radius 2 is 2.11 bits per heavy atom. The van der Waals surface area contributed by atoms with E-state index < -0.39 is 0 Å². The number of ether oxygens (including phenoxy) is 1. The van der Waals surface area contributed by atoms with Crippen molar-refractivity contribution in [3.63, 3.8) is 0 Å². The number of carbonyl (C=O) groups excluding carboxylic acids is 1. The van der Waals surface area contributed by atoms with Crippen LogP contribution in [0.15, 0.2) is 24.3 Å². The molecule has 1 aliphatic rings. The Morgan fingerprint density at radius 1 is 1.42 bits per heavy atom. The van der Waals surface area contributed by atoms with Crippen LogP contribution in [0.4, 0.5) is 0 Å². The van der Waals surface area contributed by atoms with Crippen molar-refractivity contribution in [3.8, 4) is 5.75 Å². The zero-order chi connectivity index (χ0) is 14.2. The molecule has 0 saturated carbocycles. The van der Waals surface area contributed by atoms with Crippen LogP contribution in [0.1, 0.15) is 43.1 Å². The Balaban J connectivity index is 2.53. The Kier molecular flexibility index (Phi) is 3.73. The van der Waals surface area contributed by atoms with Gasteiger partial charge in [0.05, 0.1) is 12.1 Å². The molecule has 1 atom stereocenters. The van der Waals surface area contributed by atoms with Gasteiger partial charge in [-0.15, -0.1) is 0 Å². The molecular formula is C16H19ClO2. The third-order valence-electron chi connectivity index (χ3n) is 4.05. The summed E-state index contributed by atoms with van der Waals surface area (Å²) in [6.45, 7) is 6.18. The van der Waals surface area contributed by atoms with Crippen molar-refractivity contribution in [1.82, 2.24) is 0 Å². The topological polar surface area (TPSA) is 26.3 Å². The lowest BCUT2D eigenvalue weighted by Crippen LogP contribution is -2.26. The maximum Gasteiger partial charge on any atom is 0.167 e. The van der Waals surface area contributed by atoms with Gasteiger partial charge in [0, 0.05) is 16.9 Å². The second kappa shape index (κ2) is 5.01. The van der Waals surface area contributed by atoms with Gasteiger partial charge in [-0.05, 0) is 31.0 Å². The summed E-state index contributed by atoms with van der Waals surface area (Å²) < 4.78 is 5.20. The lowest BCUT2D eigenvalue weighted by Gasteiger charge is -2.26. The third kappa shape index (κ3) is 2.18. The Hall–Kier alpha value is -1.28. The molecule has 0 saturated heterocycles. The summed E-state index contributed by atoms with van der Waals surface area (Å²) in [4.78, 5) is 12.6. The molecule has 2 rings (SSSR count). The number of Topliss-reactive ketones (excluding diaryl/α,β-unsaturated/α-hetero) is 1. The number of allylic oxidation sites excluding steroid dienone is 2. The van der Waals surface area contributed by atoms with Crippen molar-refractivity contribution in [3.05, 3.63) is 40.4 Å². The molecule has 102 valence electrons. The van der Waals surface area contributed by atoms with Gasteiger partial charge in [-0.25, -0.2) is 0 Å². The first-order chi connectivity index (χ1) is 8.93. The molecule has 0 radical (unpaired) electrons. The molecule has 0 spiro atoms. The third-order valence-corrected chi connectivity index (χ3v) is 4.34. The Labute approximate surface area is 119 Å². The number of benzene rings is 1. The van der Waals surface area contributed by atoms with E-state index in [1.807, 2.05) is 19.1 Å². The fourth-order valence-corrected chi connectivity index (χ4v) is 3.06. The number of fused-ring (bicyclic) bond motifs is 1. The molecule has 0 aromatic heterocycles. The van der Waals surface area contributed by atoms with Gasteiger partial charge in [-0.2, -0.15) is 0 Å². The molecule has 1 aromatic carbocycles. The van der Waals surface area contributed by atoms with Crippen LogP contribution < -0.4 is 4.74 Å². The van der Waals surface area contributed by atoms with Crippen molar-refractivity contribution in [1.29, 1.82) is 0 Å². The maximum atomic E-state index is 12.6. The highest BCUT2D eigenvalue weighted by molar-refractivity contribution is 6.32. The van der Waals surface area contributed by atoms with E-state index in [0.717, 1.165) is 17.5 Å². The first-order valence-corrected chi connectivity index (χ1v) is 6.84. The molecule has 1 aromatic rings. The lowest BCUT2D eigenvalue weighted by atomic mass is 9.76. The van der Waals surface area contributed by atoms with Gasteiger partial charge < -0.3 is 4.74 Å². The molecular weight excluding hydrogens is 260 g/mol. The quantitative estimate of drug-likeness (QED) is 0.766. The van der Waals surface area contributed by atoms with E-state index >= 15 is 0 Å². The van der Waals surface area contributed by atoms with Crippen molar-refractivity contribution in [2.75, 3.05) is 7.11 Å². The van der Waals surface area contributed by atoms with Gasteiger partial charge in [0.1, 0.15) is 5.75 Å². The van der Waals surface area contributed by atoms with Gasteiger partial charge in [0.15, 0.2) is 5.78 Å². The van der Waals surface area contributed by atoms with Crippen LogP contribution in [-0.4, -0.2) is 12.9 Å². The predicted molar refractivity (Wildman–Crippen MR) is 78.3 cm³/mol. The summed E-state index contributed by atoms with van der Waals surface area (Å²) in [6.07, 6.45) is 4.80. The van der Waals surface area contributed by atoms with Gasteiger partial charge in [0.25, 0.3) is 0 Å². The molecule has 3 heteroatoms. The van der Waals surface area contributed by atoms with Crippen molar-refractivity contribution >= 4 is 17.4 Å². The van der Waals surface area contributed by atoms with Crippen LogP contribution in [0.2, 0.25) is 5.02 Å². The van der Waals surface area contributed by atoms with Gasteiger partial charge in [-0.3, -0.25) is 4.79 Å². The van der Waals surface area contributed by atoms with E-state index in [4.69, 9.17) is 16.3 Å². The predicted octanol–water partition coefficient (Wildman–Crippen LogP) is 4.40. The van der Waals surface area contributed by atoms with Crippen LogP contribution in [0, 0.1) is 5.92 Å². The van der Waals surface area contributed by atoms with Gasteiger partial charge >= 0.3 is 0 Å². The fourth-order valence-electron chi connectivity index (χ4n) is 2.82. The normalized spacial score (nSPS) is 20.9. The van der Waals surface area contributed by atoms with E-state index in [0.29, 0.717) is 10.8 Å². The molecule has 0 unspecified atom stereocenters. The first-order valence-electron chi connectivity index (χ1n) is 6.46. The highest BCUT2D eigenvalue weighted by atomic mass is 35.5. The second-order valence-corrected chi connectivity index (χ2v) is 5.88. The van der Waals surface area contributed by atoms with Gasteiger partial charge in [0.2, 0.25) is 0 Å². The summed E-state index contributed by atoms with van der Waals surface area (Å²) in [5.41, 5.74) is 1.58. The van der Waals surface area contributed by atoms with Crippen LogP contribution in [-0.2, 0) is 5.41 Å². The standard InChI is InChI=1S/C16H19ClO2/c1-5-6-7-11-15(18)10-8-14(19-4)13(17)9-12(10)16(11,2)3/h5-6,8-9,11H,7H2,1-4H3/t11-/m1/s1. The molecule has 2 nitrogen and oxygen atoms in total. The van der Waals surface area contributed by atoms with Crippen LogP contribution >= 0.6 is 11.6 Å². The Morgan fingerprint density at radius 3 is 2.68 bits per heavy atom. The average Bonchev–Trinajstić information content (AvgIpc) is 2.54. The van der Waals surface area contributed by atoms with E-state index in [2.05, 4.69) is 19.9 Å². The number of halogens is 1. The molecule has 0 bridgehead atoms. The minimum absolute atomic E-state index is 0.0260. The summed E-state index contributed by atoms with van der Waals surface area (Å²) >= 11 is 6.18. The second-order valence-electron chi connectivity index (χ2n) is 5.48. The molecule has 1 aliphatic carbocycles. The smallest absolute Gasteiger partial charge is 0.167 e. The number of hydrogen-bond acceptors (Lipinski definition) is 2. The zero-order valence-electron chi connectivity index (χ0n) is 11.8. The van der Waals surface area contributed by atoms with Crippen molar-refractivity contribution in [2.45, 2.75) is 32.6 Å². The maximum absolute atomic E-state index is 12.6. The molecule has 0 amide bonds. The highest BCUT2D eigenvalue weighted by Gasteiger charge is 2.45. The van der Waals surface area contributed by atoms with E-state index in [1.165, 1.54) is 0 Å². The average molecular weight is 279 g/mol. The Bertz CT molecular complexity index is 544. The number of rotatable bonds is 3. The SMILES string of the molecule is CC=CC[C@@H]1C(=O)c2cc(OC)c(Cl)cc2C1(C)C. The van der Waals surface area contributed by atoms with Crippen LogP contribution in [0.3, 0.4) is 0 Å². The molecule has 0 N–H and O–H groups in total. The number of ketones is 1. The monoisotopic (exact) mass is 278 g/mol. The van der Waals surface area contributed by atoms with E-state index in [1.54, 1.807) is 13.2 Å². The summed E-state index contributed by atoms with van der Waals surface area (Å²) in [5, 5.41) is 0.564. The summed E-state index contributed by atoms with van der Waals surface area (Å²) in [5.74, 6) is 0.728. The highest BCUT2D eigenvalue weighted by Crippen LogP contribution is 2.47. The molecule has 0 fully saturated rings. The summed E-state index contributed by atoms with van der Waals surface area (Å²) in [6, 6.07) is 3.65. The number of methoxy groups -OCH3 is 1. The van der Waals surface area contributed by atoms with Crippen molar-refractivity contribution in [2.24, 2.45) is 5.92 Å². The van der Waals surface area contributed by atoms with E-state index in [-0.39, 0.29) is 17.1 Å². The van der Waals surface area contributed by atoms with Crippen LogP contribution in [0.25, 0.3) is 0 Å². The fraction of sp³-hybridized carbons (Fsp3) is 0.438. The summed E-state index contributed by atoms with van der Waals surface area (Å²) in [7, 11) is 1.56. The van der Waals surface area contributed by atoms with Crippen molar-refractivity contribution < 1.29 is 9.53 Å². The van der Waals surface area contributed by atoms with Crippen LogP contribution in [0.5, 0.6) is 5.75 Å². The minimum Gasteiger partial charge on any atom is -0.495 e. The molecule has 0 heterocycles. The number of carbonyl (C=O) groups is 1. The molecule has 0 aliphatic heterocycles. The zero-order valence-corrected chi connectivity index (χ0v) is 12.5. The number of hydrogen-bond donors (Lipinski definition) is 0. The first kappa shape index (κ1) is 14.1. The molecule has 19 heavy (non-hydrogen) atoms. The largest absolute Gasteiger partial charge is 0.495 e. The van der Waals surface area contributed by atoms with Gasteiger partial charge in [-0.1, -0.05) is 37.6 Å².